The number of rotatable bonds is 7. The van der Waals surface area contributed by atoms with Gasteiger partial charge in [0.25, 0.3) is 0 Å². The number of H-pyrrole nitrogens is 1. The van der Waals surface area contributed by atoms with E-state index in [1.165, 1.54) is 48.6 Å². The quantitative estimate of drug-likeness (QED) is 0.312. The van der Waals surface area contributed by atoms with E-state index in [9.17, 15) is 4.79 Å². The van der Waals surface area contributed by atoms with E-state index in [0.717, 1.165) is 38.0 Å². The number of fused-ring (bicyclic) bond motifs is 1. The highest BCUT2D eigenvalue weighted by molar-refractivity contribution is 6.42. The number of aromatic nitrogens is 1. The topological polar surface area (TPSA) is 39.3 Å². The summed E-state index contributed by atoms with van der Waals surface area (Å²) < 4.78 is 0. The second-order valence-electron chi connectivity index (χ2n) is 10.8. The third kappa shape index (κ3) is 6.42. The Morgan fingerprint density at radius 2 is 1.78 bits per heavy atom. The number of hydrogen-bond acceptors (Lipinski definition) is 2. The maximum Gasteiger partial charge on any atom is 0.246 e. The number of aromatic amines is 1. The fourth-order valence-electron chi connectivity index (χ4n) is 6.16. The zero-order valence-electron chi connectivity index (χ0n) is 21.6. The Morgan fingerprint density at radius 1 is 1.03 bits per heavy atom. The van der Waals surface area contributed by atoms with Crippen LogP contribution in [0.1, 0.15) is 62.0 Å². The Balaban J connectivity index is 1.03. The van der Waals surface area contributed by atoms with Crippen LogP contribution >= 0.6 is 23.2 Å². The van der Waals surface area contributed by atoms with Gasteiger partial charge in [-0.15, -0.1) is 0 Å². The van der Waals surface area contributed by atoms with Crippen molar-refractivity contribution in [1.82, 2.24) is 14.8 Å². The van der Waals surface area contributed by atoms with Crippen molar-refractivity contribution >= 4 is 46.1 Å². The van der Waals surface area contributed by atoms with Crippen molar-refractivity contribution in [2.24, 2.45) is 5.92 Å². The minimum Gasteiger partial charge on any atom is -0.361 e. The molecule has 1 amide bonds. The van der Waals surface area contributed by atoms with Gasteiger partial charge in [-0.1, -0.05) is 47.5 Å². The molecule has 1 aliphatic heterocycles. The molecule has 2 aliphatic rings. The van der Waals surface area contributed by atoms with Crippen molar-refractivity contribution in [2.75, 3.05) is 26.7 Å². The van der Waals surface area contributed by atoms with Gasteiger partial charge in [0.05, 0.1) is 10.0 Å². The first kappa shape index (κ1) is 26.3. The number of likely N-dealkylation sites (tertiary alicyclic amines) is 1. The molecule has 196 valence electrons. The zero-order valence-corrected chi connectivity index (χ0v) is 23.1. The van der Waals surface area contributed by atoms with Crippen LogP contribution in [-0.4, -0.2) is 53.4 Å². The van der Waals surface area contributed by atoms with Gasteiger partial charge in [0, 0.05) is 42.3 Å². The van der Waals surface area contributed by atoms with E-state index in [1.807, 2.05) is 17.0 Å². The summed E-state index contributed by atoms with van der Waals surface area (Å²) in [6, 6.07) is 14.8. The Kier molecular flexibility index (Phi) is 8.59. The molecule has 0 atom stereocenters. The van der Waals surface area contributed by atoms with E-state index >= 15 is 0 Å². The van der Waals surface area contributed by atoms with Crippen LogP contribution in [-0.2, 0) is 4.79 Å². The summed E-state index contributed by atoms with van der Waals surface area (Å²) in [5.74, 6) is 1.45. The highest BCUT2D eigenvalue weighted by atomic mass is 35.5. The molecule has 2 fully saturated rings. The van der Waals surface area contributed by atoms with Gasteiger partial charge in [0.15, 0.2) is 0 Å². The van der Waals surface area contributed by atoms with Crippen LogP contribution < -0.4 is 0 Å². The molecule has 2 aromatic carbocycles. The van der Waals surface area contributed by atoms with Crippen LogP contribution in [0.4, 0.5) is 0 Å². The van der Waals surface area contributed by atoms with E-state index in [2.05, 4.69) is 47.4 Å². The lowest BCUT2D eigenvalue weighted by molar-refractivity contribution is -0.127. The Labute approximate surface area is 230 Å². The lowest BCUT2D eigenvalue weighted by Crippen LogP contribution is -2.39. The summed E-state index contributed by atoms with van der Waals surface area (Å²) in [6.07, 6.45) is 14.2. The Hall–Kier alpha value is -2.27. The second-order valence-corrected chi connectivity index (χ2v) is 11.7. The number of para-hydroxylation sites is 1. The molecule has 1 saturated heterocycles. The van der Waals surface area contributed by atoms with E-state index < -0.39 is 0 Å². The molecule has 1 aromatic heterocycles. The Morgan fingerprint density at radius 3 is 2.54 bits per heavy atom. The maximum atomic E-state index is 12.7. The smallest absolute Gasteiger partial charge is 0.246 e. The van der Waals surface area contributed by atoms with Crippen LogP contribution in [0.5, 0.6) is 0 Å². The van der Waals surface area contributed by atoms with E-state index in [4.69, 9.17) is 23.2 Å². The fraction of sp³-hybridized carbons (Fsp3) is 0.452. The molecule has 37 heavy (non-hydrogen) atoms. The lowest BCUT2D eigenvalue weighted by atomic mass is 9.81. The number of carbonyl (C=O) groups excluding carboxylic acids is 1. The number of piperidine rings is 1. The number of nitrogens with one attached hydrogen (secondary N) is 1. The molecule has 0 bridgehead atoms. The van der Waals surface area contributed by atoms with Crippen molar-refractivity contribution in [3.05, 3.63) is 75.9 Å². The molecule has 1 N–H and O–H groups in total. The average Bonchev–Trinajstić information content (AvgIpc) is 3.37. The van der Waals surface area contributed by atoms with E-state index in [-0.39, 0.29) is 5.91 Å². The number of carbonyl (C=O) groups is 1. The van der Waals surface area contributed by atoms with Crippen molar-refractivity contribution < 1.29 is 4.79 Å². The number of hydrogen-bond donors (Lipinski definition) is 1. The molecule has 0 radical (unpaired) electrons. The third-order valence-corrected chi connectivity index (χ3v) is 9.30. The van der Waals surface area contributed by atoms with Gasteiger partial charge in [-0.3, -0.25) is 4.79 Å². The zero-order chi connectivity index (χ0) is 25.8. The molecular formula is C31H37Cl2N3O. The molecule has 6 heteroatoms. The van der Waals surface area contributed by atoms with Gasteiger partial charge in [0.2, 0.25) is 5.91 Å². The van der Waals surface area contributed by atoms with Gasteiger partial charge >= 0.3 is 0 Å². The van der Waals surface area contributed by atoms with Crippen molar-refractivity contribution in [2.45, 2.75) is 56.9 Å². The molecule has 0 unspecified atom stereocenters. The highest BCUT2D eigenvalue weighted by Crippen LogP contribution is 2.38. The van der Waals surface area contributed by atoms with Crippen LogP contribution in [0.3, 0.4) is 0 Å². The largest absolute Gasteiger partial charge is 0.361 e. The standard InChI is InChI=1S/C31H37Cl2N3O/c1-35(25-10-8-24(9-11-25)27-21-34-30-5-3-2-4-26(27)30)17-14-22-15-18-36(19-16-22)31(37)13-7-23-6-12-28(32)29(33)20-23/h2-7,12-13,20-22,24-25,34H,8-11,14-19H2,1H3/b13-7+. The molecule has 0 spiro atoms. The molecular weight excluding hydrogens is 501 g/mol. The normalized spacial score (nSPS) is 21.4. The molecule has 1 aliphatic carbocycles. The van der Waals surface area contributed by atoms with Crippen LogP contribution in [0.15, 0.2) is 54.7 Å². The Bertz CT molecular complexity index is 1240. The maximum absolute atomic E-state index is 12.7. The van der Waals surface area contributed by atoms with E-state index in [0.29, 0.717) is 27.9 Å². The van der Waals surface area contributed by atoms with Gasteiger partial charge in [-0.05, 0) is 106 Å². The van der Waals surface area contributed by atoms with Crippen LogP contribution in [0.2, 0.25) is 10.0 Å². The first-order valence-corrected chi connectivity index (χ1v) is 14.4. The molecule has 5 rings (SSSR count). The molecule has 3 aromatic rings. The summed E-state index contributed by atoms with van der Waals surface area (Å²) in [5.41, 5.74) is 3.65. The minimum atomic E-state index is 0.0774. The van der Waals surface area contributed by atoms with E-state index in [1.54, 1.807) is 18.2 Å². The van der Waals surface area contributed by atoms with Crippen LogP contribution in [0.25, 0.3) is 17.0 Å². The molecule has 2 heterocycles. The summed E-state index contributed by atoms with van der Waals surface area (Å²) >= 11 is 12.1. The summed E-state index contributed by atoms with van der Waals surface area (Å²) in [6.45, 7) is 2.83. The predicted molar refractivity (Wildman–Crippen MR) is 155 cm³/mol. The second kappa shape index (κ2) is 12.1. The molecule has 1 saturated carbocycles. The third-order valence-electron chi connectivity index (χ3n) is 8.56. The fourth-order valence-corrected chi connectivity index (χ4v) is 6.47. The lowest BCUT2D eigenvalue weighted by Gasteiger charge is -2.36. The van der Waals surface area contributed by atoms with Gasteiger partial charge < -0.3 is 14.8 Å². The SMILES string of the molecule is CN(CCC1CCN(C(=O)/C=C/c2ccc(Cl)c(Cl)c2)CC1)C1CCC(c2c[nH]c3ccccc23)CC1. The van der Waals surface area contributed by atoms with Crippen molar-refractivity contribution in [3.8, 4) is 0 Å². The van der Waals surface area contributed by atoms with Crippen LogP contribution in [0, 0.1) is 5.92 Å². The number of benzene rings is 2. The first-order valence-electron chi connectivity index (χ1n) is 13.7. The summed E-state index contributed by atoms with van der Waals surface area (Å²) in [4.78, 5) is 20.7. The highest BCUT2D eigenvalue weighted by Gasteiger charge is 2.27. The summed E-state index contributed by atoms with van der Waals surface area (Å²) in [5, 5.41) is 2.43. The predicted octanol–water partition coefficient (Wildman–Crippen LogP) is 7.77. The number of nitrogens with zero attached hydrogens (tertiary/aromatic N) is 2. The summed E-state index contributed by atoms with van der Waals surface area (Å²) in [7, 11) is 2.31. The monoisotopic (exact) mass is 537 g/mol. The van der Waals surface area contributed by atoms with Gasteiger partial charge in [-0.2, -0.15) is 0 Å². The first-order chi connectivity index (χ1) is 18.0. The van der Waals surface area contributed by atoms with Crippen molar-refractivity contribution in [3.63, 3.8) is 0 Å². The number of halogens is 2. The number of amides is 1. The van der Waals surface area contributed by atoms with Gasteiger partial charge in [-0.25, -0.2) is 0 Å². The van der Waals surface area contributed by atoms with Gasteiger partial charge in [0.1, 0.15) is 0 Å². The average molecular weight is 539 g/mol. The molecule has 4 nitrogen and oxygen atoms in total. The minimum absolute atomic E-state index is 0.0774. The van der Waals surface area contributed by atoms with Crippen molar-refractivity contribution in [1.29, 1.82) is 0 Å².